The first-order valence-electron chi connectivity index (χ1n) is 12.0. The zero-order valence-corrected chi connectivity index (χ0v) is 21.6. The van der Waals surface area contributed by atoms with Crippen LogP contribution in [0.25, 0.3) is 17.0 Å². The van der Waals surface area contributed by atoms with Crippen molar-refractivity contribution < 1.29 is 23.6 Å². The smallest absolute Gasteiger partial charge is 0.294 e. The zero-order valence-electron chi connectivity index (χ0n) is 20.8. The van der Waals surface area contributed by atoms with E-state index in [1.165, 1.54) is 18.2 Å². The van der Waals surface area contributed by atoms with Crippen LogP contribution in [-0.2, 0) is 20.9 Å². The number of para-hydroxylation sites is 2. The van der Waals surface area contributed by atoms with Gasteiger partial charge in [-0.1, -0.05) is 42.5 Å². The van der Waals surface area contributed by atoms with Gasteiger partial charge < -0.3 is 15.2 Å². The Bertz CT molecular complexity index is 1660. The Balaban J connectivity index is 1.34. The molecule has 0 bridgehead atoms. The van der Waals surface area contributed by atoms with Crippen LogP contribution in [0.1, 0.15) is 11.1 Å². The number of fused-ring (bicyclic) bond motifs is 1. The van der Waals surface area contributed by atoms with Gasteiger partial charge in [0.1, 0.15) is 18.9 Å². The largest absolute Gasteiger partial charge is 0.337 e. The van der Waals surface area contributed by atoms with Crippen molar-refractivity contribution >= 4 is 63.1 Å². The summed E-state index contributed by atoms with van der Waals surface area (Å²) in [4.78, 5) is 51.7. The predicted octanol–water partition coefficient (Wildman–Crippen LogP) is 5.40. The topological polar surface area (TPSA) is 101 Å². The number of hydrogen-bond acceptors (Lipinski definition) is 5. The Labute approximate surface area is 227 Å². The van der Waals surface area contributed by atoms with Gasteiger partial charge in [0.15, 0.2) is 0 Å². The number of nitrogens with one attached hydrogen (secondary N) is 2. The Hall–Kier alpha value is -4.70. The molecule has 1 saturated heterocycles. The molecule has 10 heteroatoms. The monoisotopic (exact) mass is 542 g/mol. The predicted molar refractivity (Wildman–Crippen MR) is 149 cm³/mol. The van der Waals surface area contributed by atoms with Gasteiger partial charge >= 0.3 is 0 Å². The molecular formula is C29H23FN4O4S. The first-order chi connectivity index (χ1) is 18.8. The van der Waals surface area contributed by atoms with Crippen molar-refractivity contribution in [2.75, 3.05) is 17.2 Å². The van der Waals surface area contributed by atoms with Gasteiger partial charge in [-0.15, -0.1) is 0 Å². The summed E-state index contributed by atoms with van der Waals surface area (Å²) >= 11 is 0.719. The molecule has 39 heavy (non-hydrogen) atoms. The molecule has 1 aromatic heterocycles. The number of nitrogens with zero attached hydrogens (tertiary/aromatic N) is 2. The number of anilines is 2. The average Bonchev–Trinajstić information content (AvgIpc) is 3.37. The van der Waals surface area contributed by atoms with Crippen molar-refractivity contribution in [3.63, 3.8) is 0 Å². The fourth-order valence-corrected chi connectivity index (χ4v) is 5.10. The Morgan fingerprint density at radius 1 is 0.923 bits per heavy atom. The third-order valence-electron chi connectivity index (χ3n) is 6.05. The molecule has 1 fully saturated rings. The molecule has 0 atom stereocenters. The Morgan fingerprint density at radius 2 is 1.67 bits per heavy atom. The summed E-state index contributed by atoms with van der Waals surface area (Å²) in [5.74, 6) is -2.15. The molecule has 5 rings (SSSR count). The normalized spacial score (nSPS) is 14.3. The van der Waals surface area contributed by atoms with Gasteiger partial charge in [0.05, 0.1) is 10.6 Å². The SMILES string of the molecule is Cc1cccc(NC(=O)Cn2cc(C=C3SC(=O)N(CC(=O)Nc4ccccc4F)C3=O)c3ccccc32)c1. The quantitative estimate of drug-likeness (QED) is 0.305. The van der Waals surface area contributed by atoms with E-state index in [4.69, 9.17) is 0 Å². The number of imide groups is 1. The van der Waals surface area contributed by atoms with E-state index in [2.05, 4.69) is 10.6 Å². The number of aromatic nitrogens is 1. The number of thioether (sulfide) groups is 1. The molecule has 2 N–H and O–H groups in total. The summed E-state index contributed by atoms with van der Waals surface area (Å²) in [7, 11) is 0. The number of benzene rings is 3. The van der Waals surface area contributed by atoms with Gasteiger partial charge in [0.2, 0.25) is 11.8 Å². The van der Waals surface area contributed by atoms with Crippen molar-refractivity contribution in [2.45, 2.75) is 13.5 Å². The maximum Gasteiger partial charge on any atom is 0.294 e. The Kier molecular flexibility index (Phi) is 7.29. The molecule has 196 valence electrons. The van der Waals surface area contributed by atoms with Crippen LogP contribution >= 0.6 is 11.8 Å². The lowest BCUT2D eigenvalue weighted by atomic mass is 10.1. The van der Waals surface area contributed by atoms with E-state index in [9.17, 15) is 23.6 Å². The van der Waals surface area contributed by atoms with Gasteiger partial charge in [-0.25, -0.2) is 4.39 Å². The molecule has 4 aromatic rings. The van der Waals surface area contributed by atoms with Gasteiger partial charge in [0.25, 0.3) is 11.1 Å². The highest BCUT2D eigenvalue weighted by molar-refractivity contribution is 8.18. The molecule has 0 unspecified atom stereocenters. The first-order valence-corrected chi connectivity index (χ1v) is 12.8. The van der Waals surface area contributed by atoms with Crippen LogP contribution in [0.4, 0.5) is 20.6 Å². The molecule has 3 aromatic carbocycles. The summed E-state index contributed by atoms with van der Waals surface area (Å²) in [5, 5.41) is 5.46. The van der Waals surface area contributed by atoms with Crippen molar-refractivity contribution in [3.05, 3.63) is 101 Å². The number of aryl methyl sites for hydroxylation is 1. The molecule has 4 amide bonds. The van der Waals surface area contributed by atoms with E-state index in [0.717, 1.165) is 33.1 Å². The molecule has 0 aliphatic carbocycles. The fourth-order valence-electron chi connectivity index (χ4n) is 4.27. The fraction of sp³-hybridized carbons (Fsp3) is 0.103. The van der Waals surface area contributed by atoms with Gasteiger partial charge in [-0.05, 0) is 60.7 Å². The summed E-state index contributed by atoms with van der Waals surface area (Å²) in [6.45, 7) is 1.44. The van der Waals surface area contributed by atoms with E-state index in [0.29, 0.717) is 11.3 Å². The van der Waals surface area contributed by atoms with Crippen molar-refractivity contribution in [1.29, 1.82) is 0 Å². The van der Waals surface area contributed by atoms with E-state index >= 15 is 0 Å². The molecule has 0 spiro atoms. The average molecular weight is 543 g/mol. The summed E-state index contributed by atoms with van der Waals surface area (Å²) in [5.41, 5.74) is 3.12. The van der Waals surface area contributed by atoms with E-state index in [1.54, 1.807) is 22.9 Å². The number of amides is 4. The van der Waals surface area contributed by atoms with E-state index < -0.39 is 29.4 Å². The maximum absolute atomic E-state index is 13.9. The van der Waals surface area contributed by atoms with Crippen LogP contribution < -0.4 is 10.6 Å². The maximum atomic E-state index is 13.9. The number of rotatable bonds is 7. The molecule has 8 nitrogen and oxygen atoms in total. The highest BCUT2D eigenvalue weighted by Gasteiger charge is 2.36. The second kappa shape index (κ2) is 11.0. The van der Waals surface area contributed by atoms with Crippen LogP contribution in [0.3, 0.4) is 0 Å². The van der Waals surface area contributed by atoms with Gasteiger partial charge in [0, 0.05) is 28.4 Å². The standard InChI is InChI=1S/C29H23FN4O4S/c1-18-7-6-8-20(13-18)31-26(35)16-33-15-19(21-9-2-5-12-24(21)33)14-25-28(37)34(29(38)39-25)17-27(36)32-23-11-4-3-10-22(23)30/h2-15H,16-17H2,1H3,(H,31,35)(H,32,36). The highest BCUT2D eigenvalue weighted by atomic mass is 32.2. The lowest BCUT2D eigenvalue weighted by Gasteiger charge is -2.12. The third-order valence-corrected chi connectivity index (χ3v) is 6.95. The van der Waals surface area contributed by atoms with Crippen LogP contribution in [0, 0.1) is 12.7 Å². The number of halogens is 1. The number of carbonyl (C=O) groups excluding carboxylic acids is 4. The van der Waals surface area contributed by atoms with Crippen LogP contribution in [0.5, 0.6) is 0 Å². The lowest BCUT2D eigenvalue weighted by Crippen LogP contribution is -2.36. The molecule has 1 aliphatic heterocycles. The summed E-state index contributed by atoms with van der Waals surface area (Å²) in [6, 6.07) is 20.6. The summed E-state index contributed by atoms with van der Waals surface area (Å²) in [6.07, 6.45) is 3.33. The van der Waals surface area contributed by atoms with Crippen LogP contribution in [-0.4, -0.2) is 39.0 Å². The highest BCUT2D eigenvalue weighted by Crippen LogP contribution is 2.34. The van der Waals surface area contributed by atoms with Crippen LogP contribution in [0.2, 0.25) is 0 Å². The Morgan fingerprint density at radius 3 is 2.46 bits per heavy atom. The molecule has 0 radical (unpaired) electrons. The van der Waals surface area contributed by atoms with Gasteiger partial charge in [-0.3, -0.25) is 24.1 Å². The van der Waals surface area contributed by atoms with E-state index in [1.807, 2.05) is 55.5 Å². The number of carbonyl (C=O) groups is 4. The molecule has 0 saturated carbocycles. The second-order valence-electron chi connectivity index (χ2n) is 8.94. The molecular weight excluding hydrogens is 519 g/mol. The minimum absolute atomic E-state index is 0.0377. The molecule has 1 aliphatic rings. The van der Waals surface area contributed by atoms with Crippen molar-refractivity contribution in [3.8, 4) is 0 Å². The lowest BCUT2D eigenvalue weighted by molar-refractivity contribution is -0.127. The van der Waals surface area contributed by atoms with Crippen molar-refractivity contribution in [2.24, 2.45) is 0 Å². The third kappa shape index (κ3) is 5.75. The van der Waals surface area contributed by atoms with Gasteiger partial charge in [-0.2, -0.15) is 0 Å². The number of hydrogen-bond donors (Lipinski definition) is 2. The first kappa shape index (κ1) is 25.9. The molecule has 2 heterocycles. The summed E-state index contributed by atoms with van der Waals surface area (Å²) < 4.78 is 15.6. The minimum Gasteiger partial charge on any atom is -0.337 e. The zero-order chi connectivity index (χ0) is 27.5. The van der Waals surface area contributed by atoms with Crippen LogP contribution in [0.15, 0.2) is 83.9 Å². The van der Waals surface area contributed by atoms with E-state index in [-0.39, 0.29) is 23.0 Å². The second-order valence-corrected chi connectivity index (χ2v) is 9.94. The minimum atomic E-state index is -0.695. The van der Waals surface area contributed by atoms with Crippen molar-refractivity contribution in [1.82, 2.24) is 9.47 Å².